The van der Waals surface area contributed by atoms with Gasteiger partial charge in [0.05, 0.1) is 12.3 Å². The third-order valence-corrected chi connectivity index (χ3v) is 4.23. The number of ether oxygens (including phenoxy) is 1. The Morgan fingerprint density at radius 1 is 1.53 bits per heavy atom. The molecule has 1 N–H and O–H groups in total. The molecule has 1 aromatic heterocycles. The lowest BCUT2D eigenvalue weighted by atomic mass is 9.93. The second-order valence-corrected chi connectivity index (χ2v) is 6.36. The smallest absolute Gasteiger partial charge is 0.138 e. The summed E-state index contributed by atoms with van der Waals surface area (Å²) in [4.78, 5) is 4.16. The van der Waals surface area contributed by atoms with Gasteiger partial charge in [-0.15, -0.1) is 0 Å². The van der Waals surface area contributed by atoms with E-state index in [1.807, 2.05) is 19.9 Å². The van der Waals surface area contributed by atoms with E-state index < -0.39 is 5.60 Å². The summed E-state index contributed by atoms with van der Waals surface area (Å²) in [5.74, 6) is 1.47. The fourth-order valence-electron chi connectivity index (χ4n) is 2.08. The minimum absolute atomic E-state index is 0.124. The number of nitrogens with zero attached hydrogens (tertiary/aromatic N) is 1. The summed E-state index contributed by atoms with van der Waals surface area (Å²) >= 11 is 1.80. The third-order valence-electron chi connectivity index (χ3n) is 2.85. The maximum Gasteiger partial charge on any atom is 0.138 e. The molecule has 1 saturated heterocycles. The SMILES string of the molecule is CC(C)Oc1cncc(C2(O)CSC(C)C2)c1. The number of thioether (sulfide) groups is 1. The molecule has 94 valence electrons. The number of rotatable bonds is 3. The molecule has 0 amide bonds. The van der Waals surface area contributed by atoms with Crippen LogP contribution in [0.4, 0.5) is 0 Å². The molecule has 17 heavy (non-hydrogen) atoms. The molecule has 1 aliphatic rings. The predicted molar refractivity (Wildman–Crippen MR) is 70.4 cm³/mol. The molecular formula is C13H19NO2S. The van der Waals surface area contributed by atoms with Crippen LogP contribution in [-0.4, -0.2) is 27.2 Å². The molecule has 2 heterocycles. The zero-order valence-corrected chi connectivity index (χ0v) is 11.3. The number of hydrogen-bond acceptors (Lipinski definition) is 4. The van der Waals surface area contributed by atoms with Crippen molar-refractivity contribution in [3.8, 4) is 5.75 Å². The minimum atomic E-state index is -0.743. The van der Waals surface area contributed by atoms with Crippen LogP contribution in [0.15, 0.2) is 18.5 Å². The van der Waals surface area contributed by atoms with E-state index in [1.54, 1.807) is 24.2 Å². The lowest BCUT2D eigenvalue weighted by Gasteiger charge is -2.22. The highest BCUT2D eigenvalue weighted by Gasteiger charge is 2.38. The summed E-state index contributed by atoms with van der Waals surface area (Å²) in [7, 11) is 0. The molecule has 0 spiro atoms. The highest BCUT2D eigenvalue weighted by molar-refractivity contribution is 8.00. The van der Waals surface area contributed by atoms with Gasteiger partial charge in [0.2, 0.25) is 0 Å². The lowest BCUT2D eigenvalue weighted by molar-refractivity contribution is 0.0604. The average Bonchev–Trinajstić information content (AvgIpc) is 2.59. The fraction of sp³-hybridized carbons (Fsp3) is 0.615. The van der Waals surface area contributed by atoms with Crippen LogP contribution in [0.2, 0.25) is 0 Å². The van der Waals surface area contributed by atoms with Gasteiger partial charge in [-0.1, -0.05) is 6.92 Å². The Morgan fingerprint density at radius 2 is 2.29 bits per heavy atom. The molecule has 2 rings (SSSR count). The molecule has 3 nitrogen and oxygen atoms in total. The van der Waals surface area contributed by atoms with Crippen molar-refractivity contribution in [3.63, 3.8) is 0 Å². The maximum absolute atomic E-state index is 10.6. The first-order chi connectivity index (χ1) is 7.99. The van der Waals surface area contributed by atoms with Gasteiger partial charge in [0.15, 0.2) is 0 Å². The highest BCUT2D eigenvalue weighted by Crippen LogP contribution is 2.41. The Morgan fingerprint density at radius 3 is 2.88 bits per heavy atom. The summed E-state index contributed by atoms with van der Waals surface area (Å²) in [6, 6.07) is 1.91. The van der Waals surface area contributed by atoms with Crippen LogP contribution in [0.5, 0.6) is 5.75 Å². The number of pyridine rings is 1. The molecule has 0 saturated carbocycles. The van der Waals surface area contributed by atoms with Crippen LogP contribution in [0.25, 0.3) is 0 Å². The van der Waals surface area contributed by atoms with E-state index in [4.69, 9.17) is 4.74 Å². The first-order valence-corrected chi connectivity index (χ1v) is 7.01. The number of hydrogen-bond donors (Lipinski definition) is 1. The van der Waals surface area contributed by atoms with Crippen LogP contribution < -0.4 is 4.74 Å². The Hall–Kier alpha value is -0.740. The lowest BCUT2D eigenvalue weighted by Crippen LogP contribution is -2.25. The van der Waals surface area contributed by atoms with E-state index >= 15 is 0 Å². The van der Waals surface area contributed by atoms with E-state index in [-0.39, 0.29) is 6.10 Å². The summed E-state index contributed by atoms with van der Waals surface area (Å²) < 4.78 is 5.61. The zero-order chi connectivity index (χ0) is 12.5. The van der Waals surface area contributed by atoms with Gasteiger partial charge in [-0.25, -0.2) is 0 Å². The van der Waals surface area contributed by atoms with Crippen molar-refractivity contribution in [3.05, 3.63) is 24.0 Å². The van der Waals surface area contributed by atoms with E-state index in [0.29, 0.717) is 5.25 Å². The topological polar surface area (TPSA) is 42.4 Å². The molecular weight excluding hydrogens is 234 g/mol. The van der Waals surface area contributed by atoms with Gasteiger partial charge in [0.25, 0.3) is 0 Å². The molecule has 2 atom stereocenters. The van der Waals surface area contributed by atoms with Crippen LogP contribution in [0, 0.1) is 0 Å². The highest BCUT2D eigenvalue weighted by atomic mass is 32.2. The van der Waals surface area contributed by atoms with E-state index in [9.17, 15) is 5.11 Å². The summed E-state index contributed by atoms with van der Waals surface area (Å²) in [5.41, 5.74) is 0.125. The van der Waals surface area contributed by atoms with E-state index in [1.165, 1.54) is 0 Å². The zero-order valence-electron chi connectivity index (χ0n) is 10.5. The van der Waals surface area contributed by atoms with E-state index in [2.05, 4.69) is 11.9 Å². The standard InChI is InChI=1S/C13H19NO2S/c1-9(2)16-12-4-11(6-14-7-12)13(15)5-10(3)17-8-13/h4,6-7,9-10,15H,5,8H2,1-3H3. The van der Waals surface area contributed by atoms with Crippen LogP contribution >= 0.6 is 11.8 Å². The van der Waals surface area contributed by atoms with Gasteiger partial charge in [-0.3, -0.25) is 4.98 Å². The van der Waals surface area contributed by atoms with Crippen molar-refractivity contribution in [2.24, 2.45) is 0 Å². The molecule has 2 unspecified atom stereocenters. The van der Waals surface area contributed by atoms with Crippen molar-refractivity contribution in [2.45, 2.75) is 44.1 Å². The predicted octanol–water partition coefficient (Wildman–Crippen LogP) is 2.58. The van der Waals surface area contributed by atoms with Crippen molar-refractivity contribution in [2.75, 3.05) is 5.75 Å². The Balaban J connectivity index is 2.21. The van der Waals surface area contributed by atoms with Crippen molar-refractivity contribution >= 4 is 11.8 Å². The molecule has 0 aliphatic carbocycles. The third kappa shape index (κ3) is 2.93. The van der Waals surface area contributed by atoms with Gasteiger partial charge >= 0.3 is 0 Å². The van der Waals surface area contributed by atoms with Crippen molar-refractivity contribution < 1.29 is 9.84 Å². The van der Waals surface area contributed by atoms with Gasteiger partial charge in [-0.2, -0.15) is 11.8 Å². The normalized spacial score (nSPS) is 28.6. The van der Waals surface area contributed by atoms with E-state index in [0.717, 1.165) is 23.5 Å². The molecule has 4 heteroatoms. The second kappa shape index (κ2) is 4.86. The second-order valence-electron chi connectivity index (χ2n) is 4.93. The molecule has 0 aromatic carbocycles. The van der Waals surface area contributed by atoms with Gasteiger partial charge in [0.1, 0.15) is 11.4 Å². The maximum atomic E-state index is 10.6. The van der Waals surface area contributed by atoms with Gasteiger partial charge in [0, 0.05) is 22.8 Å². The van der Waals surface area contributed by atoms with Gasteiger partial charge in [-0.05, 0) is 26.3 Å². The Kier molecular flexibility index (Phi) is 3.64. The number of aliphatic hydroxyl groups is 1. The average molecular weight is 253 g/mol. The molecule has 0 bridgehead atoms. The summed E-state index contributed by atoms with van der Waals surface area (Å²) in [5, 5.41) is 11.1. The molecule has 0 radical (unpaired) electrons. The van der Waals surface area contributed by atoms with Gasteiger partial charge < -0.3 is 9.84 Å². The first-order valence-electron chi connectivity index (χ1n) is 5.96. The fourth-order valence-corrected chi connectivity index (χ4v) is 3.32. The molecule has 1 aromatic rings. The quantitative estimate of drug-likeness (QED) is 0.899. The van der Waals surface area contributed by atoms with Crippen LogP contribution in [0.1, 0.15) is 32.8 Å². The monoisotopic (exact) mass is 253 g/mol. The Labute approximate surface area is 107 Å². The van der Waals surface area contributed by atoms with Crippen molar-refractivity contribution in [1.29, 1.82) is 0 Å². The van der Waals surface area contributed by atoms with Crippen LogP contribution in [0.3, 0.4) is 0 Å². The summed E-state index contributed by atoms with van der Waals surface area (Å²) in [6.07, 6.45) is 4.34. The summed E-state index contributed by atoms with van der Waals surface area (Å²) in [6.45, 7) is 6.11. The number of aromatic nitrogens is 1. The molecule has 1 aliphatic heterocycles. The first kappa shape index (κ1) is 12.7. The van der Waals surface area contributed by atoms with Crippen molar-refractivity contribution in [1.82, 2.24) is 4.98 Å². The molecule has 1 fully saturated rings. The largest absolute Gasteiger partial charge is 0.489 e. The Bertz CT molecular complexity index is 397. The minimum Gasteiger partial charge on any atom is -0.489 e. The van der Waals surface area contributed by atoms with Crippen LogP contribution in [-0.2, 0) is 5.60 Å².